The molecule has 7 heteroatoms. The van der Waals surface area contributed by atoms with E-state index in [4.69, 9.17) is 9.47 Å². The van der Waals surface area contributed by atoms with Crippen LogP contribution in [0.15, 0.2) is 11.6 Å². The Labute approximate surface area is 149 Å². The first-order valence-electron chi connectivity index (χ1n) is 8.67. The Hall–Kier alpha value is -1.76. The van der Waals surface area contributed by atoms with E-state index in [1.807, 2.05) is 26.8 Å². The van der Waals surface area contributed by atoms with Gasteiger partial charge in [0.25, 0.3) is 0 Å². The summed E-state index contributed by atoms with van der Waals surface area (Å²) in [6.45, 7) is 11.6. The average molecular weight is 354 g/mol. The highest BCUT2D eigenvalue weighted by molar-refractivity contribution is 5.74. The highest BCUT2D eigenvalue weighted by Crippen LogP contribution is 2.37. The Balaban J connectivity index is 2.24. The smallest absolute Gasteiger partial charge is 0.411 e. The monoisotopic (exact) mass is 354 g/mol. The molecule has 0 spiro atoms. The quantitative estimate of drug-likeness (QED) is 0.732. The van der Waals surface area contributed by atoms with Crippen LogP contribution in [0.4, 0.5) is 9.59 Å². The summed E-state index contributed by atoms with van der Waals surface area (Å²) in [6, 6.07) is 0. The van der Waals surface area contributed by atoms with E-state index in [2.05, 4.69) is 0 Å². The predicted molar refractivity (Wildman–Crippen MR) is 93.3 cm³/mol. The van der Waals surface area contributed by atoms with Crippen LogP contribution in [0.3, 0.4) is 0 Å². The van der Waals surface area contributed by atoms with Gasteiger partial charge in [-0.25, -0.2) is 9.59 Å². The number of hydrogen-bond donors (Lipinski definition) is 1. The zero-order valence-corrected chi connectivity index (χ0v) is 16.1. The van der Waals surface area contributed by atoms with Gasteiger partial charge in [-0.05, 0) is 53.5 Å². The normalized spacial score (nSPS) is 23.9. The number of fused-ring (bicyclic) bond motifs is 1. The summed E-state index contributed by atoms with van der Waals surface area (Å²) in [7, 11) is 0. The molecule has 0 aromatic rings. The maximum Gasteiger partial charge on any atom is 0.411 e. The van der Waals surface area contributed by atoms with Crippen molar-refractivity contribution >= 4 is 12.2 Å². The number of amides is 2. The molecule has 0 aliphatic carbocycles. The Morgan fingerprint density at radius 1 is 1.12 bits per heavy atom. The summed E-state index contributed by atoms with van der Waals surface area (Å²) < 4.78 is 10.9. The van der Waals surface area contributed by atoms with Crippen LogP contribution in [-0.4, -0.2) is 70.1 Å². The van der Waals surface area contributed by atoms with Gasteiger partial charge in [-0.1, -0.05) is 6.08 Å². The number of likely N-dealkylation sites (tertiary alicyclic amines) is 1. The van der Waals surface area contributed by atoms with E-state index in [0.29, 0.717) is 19.5 Å². The van der Waals surface area contributed by atoms with Crippen molar-refractivity contribution in [1.82, 2.24) is 9.80 Å². The van der Waals surface area contributed by atoms with Gasteiger partial charge in [-0.15, -0.1) is 0 Å². The summed E-state index contributed by atoms with van der Waals surface area (Å²) in [4.78, 5) is 28.2. The van der Waals surface area contributed by atoms with Crippen LogP contribution >= 0.6 is 0 Å². The standard InChI is InChI=1S/C18H30N2O5/c1-16(2,3)24-14(22)19-10-13-8-7-9-20(18(13,11-19)12-21)15(23)25-17(4,5)6/h8,21H,7,9-12H2,1-6H3/t18-/m0/s1. The number of carbonyl (C=O) groups is 2. The number of aliphatic hydroxyl groups is 1. The number of hydrogen-bond acceptors (Lipinski definition) is 5. The van der Waals surface area contributed by atoms with Crippen LogP contribution in [0.5, 0.6) is 0 Å². The number of ether oxygens (including phenoxy) is 2. The number of aliphatic hydroxyl groups excluding tert-OH is 1. The first kappa shape index (κ1) is 19.6. The topological polar surface area (TPSA) is 79.3 Å². The average Bonchev–Trinajstić information content (AvgIpc) is 2.83. The van der Waals surface area contributed by atoms with E-state index >= 15 is 0 Å². The fourth-order valence-electron chi connectivity index (χ4n) is 3.20. The first-order chi connectivity index (χ1) is 11.4. The summed E-state index contributed by atoms with van der Waals surface area (Å²) in [6.07, 6.45) is 1.75. The molecule has 2 heterocycles. The third-order valence-corrected chi connectivity index (χ3v) is 4.20. The van der Waals surface area contributed by atoms with E-state index in [1.54, 1.807) is 25.7 Å². The van der Waals surface area contributed by atoms with Gasteiger partial charge in [0.2, 0.25) is 0 Å². The molecule has 0 unspecified atom stereocenters. The molecule has 1 N–H and O–H groups in total. The van der Waals surface area contributed by atoms with Gasteiger partial charge in [0.1, 0.15) is 16.7 Å². The van der Waals surface area contributed by atoms with Crippen molar-refractivity contribution in [3.05, 3.63) is 11.6 Å². The van der Waals surface area contributed by atoms with Gasteiger partial charge >= 0.3 is 12.2 Å². The lowest BCUT2D eigenvalue weighted by atomic mass is 9.88. The fraction of sp³-hybridized carbons (Fsp3) is 0.778. The van der Waals surface area contributed by atoms with Gasteiger partial charge < -0.3 is 19.5 Å². The Kier molecular flexibility index (Phi) is 5.10. The summed E-state index contributed by atoms with van der Waals surface area (Å²) in [5.74, 6) is 0. The lowest BCUT2D eigenvalue weighted by Crippen LogP contribution is -2.59. The van der Waals surface area contributed by atoms with Crippen molar-refractivity contribution in [2.24, 2.45) is 0 Å². The van der Waals surface area contributed by atoms with Crippen molar-refractivity contribution in [1.29, 1.82) is 0 Å². The molecule has 1 atom stereocenters. The minimum atomic E-state index is -0.933. The summed E-state index contributed by atoms with van der Waals surface area (Å²) in [5, 5.41) is 10.1. The number of carbonyl (C=O) groups excluding carboxylic acids is 2. The minimum Gasteiger partial charge on any atom is -0.444 e. The molecule has 0 aromatic heterocycles. The molecule has 2 aliphatic rings. The first-order valence-corrected chi connectivity index (χ1v) is 8.67. The summed E-state index contributed by atoms with van der Waals surface area (Å²) >= 11 is 0. The maximum absolute atomic E-state index is 12.7. The second kappa shape index (κ2) is 6.52. The molecular formula is C18H30N2O5. The SMILES string of the molecule is CC(C)(C)OC(=O)N1CC2=CCCN(C(=O)OC(C)(C)C)[C@]2(CO)C1. The van der Waals surface area contributed by atoms with E-state index < -0.39 is 28.9 Å². The minimum absolute atomic E-state index is 0.198. The molecule has 142 valence electrons. The van der Waals surface area contributed by atoms with Gasteiger partial charge in [0.15, 0.2) is 0 Å². The fourth-order valence-corrected chi connectivity index (χ4v) is 3.20. The second-order valence-corrected chi connectivity index (χ2v) is 8.68. The van der Waals surface area contributed by atoms with Crippen LogP contribution in [-0.2, 0) is 9.47 Å². The molecule has 0 aromatic carbocycles. The lowest BCUT2D eigenvalue weighted by molar-refractivity contribution is -0.0133. The predicted octanol–water partition coefficient (Wildman–Crippen LogP) is 2.54. The largest absolute Gasteiger partial charge is 0.444 e. The van der Waals surface area contributed by atoms with Gasteiger partial charge in [0, 0.05) is 13.1 Å². The zero-order chi connectivity index (χ0) is 19.0. The molecule has 1 fully saturated rings. The van der Waals surface area contributed by atoms with Crippen molar-refractivity contribution in [3.8, 4) is 0 Å². The van der Waals surface area contributed by atoms with Crippen LogP contribution in [0.2, 0.25) is 0 Å². The van der Waals surface area contributed by atoms with Crippen molar-refractivity contribution in [2.45, 2.75) is 64.7 Å². The highest BCUT2D eigenvalue weighted by atomic mass is 16.6. The van der Waals surface area contributed by atoms with Crippen LogP contribution < -0.4 is 0 Å². The molecule has 7 nitrogen and oxygen atoms in total. The molecule has 0 bridgehead atoms. The van der Waals surface area contributed by atoms with E-state index in [9.17, 15) is 14.7 Å². The molecule has 0 saturated carbocycles. The third kappa shape index (κ3) is 4.26. The van der Waals surface area contributed by atoms with Crippen molar-refractivity contribution < 1.29 is 24.2 Å². The molecule has 1 saturated heterocycles. The highest BCUT2D eigenvalue weighted by Gasteiger charge is 2.52. The molecule has 25 heavy (non-hydrogen) atoms. The van der Waals surface area contributed by atoms with E-state index in [0.717, 1.165) is 5.57 Å². The van der Waals surface area contributed by atoms with Crippen molar-refractivity contribution in [2.75, 3.05) is 26.2 Å². The van der Waals surface area contributed by atoms with Crippen LogP contribution in [0, 0.1) is 0 Å². The maximum atomic E-state index is 12.7. The zero-order valence-electron chi connectivity index (χ0n) is 16.1. The van der Waals surface area contributed by atoms with Crippen molar-refractivity contribution in [3.63, 3.8) is 0 Å². The Morgan fingerprint density at radius 3 is 2.20 bits per heavy atom. The van der Waals surface area contributed by atoms with Crippen LogP contribution in [0.1, 0.15) is 48.0 Å². The van der Waals surface area contributed by atoms with Crippen LogP contribution in [0.25, 0.3) is 0 Å². The molecule has 2 aliphatic heterocycles. The van der Waals surface area contributed by atoms with Gasteiger partial charge in [-0.3, -0.25) is 4.90 Å². The lowest BCUT2D eigenvalue weighted by Gasteiger charge is -2.43. The Bertz CT molecular complexity index is 573. The molecule has 2 rings (SSSR count). The Morgan fingerprint density at radius 2 is 1.68 bits per heavy atom. The molecule has 2 amide bonds. The van der Waals surface area contributed by atoms with E-state index in [-0.39, 0.29) is 13.2 Å². The number of nitrogens with zero attached hydrogens (tertiary/aromatic N) is 2. The van der Waals surface area contributed by atoms with E-state index in [1.165, 1.54) is 4.90 Å². The number of rotatable bonds is 1. The summed E-state index contributed by atoms with van der Waals surface area (Å²) in [5.41, 5.74) is -1.30. The molecule has 0 radical (unpaired) electrons. The third-order valence-electron chi connectivity index (χ3n) is 4.20. The molecular weight excluding hydrogens is 324 g/mol. The van der Waals surface area contributed by atoms with Gasteiger partial charge in [-0.2, -0.15) is 0 Å². The van der Waals surface area contributed by atoms with Gasteiger partial charge in [0.05, 0.1) is 13.2 Å². The second-order valence-electron chi connectivity index (χ2n) is 8.68.